The topological polar surface area (TPSA) is 105 Å². The lowest BCUT2D eigenvalue weighted by molar-refractivity contribution is -0.149. The van der Waals surface area contributed by atoms with E-state index in [1.54, 1.807) is 24.4 Å². The summed E-state index contributed by atoms with van der Waals surface area (Å²) < 4.78 is 53.9. The maximum absolute atomic E-state index is 13.6. The SMILES string of the molecule is Cc1cc(-c2cccc(S(=O)(=O)[C@H]3C[C@@H](C(=O)O)[C@H](C(=O)N4CCC(F)(F)C4)C3)c2)ccn1. The lowest BCUT2D eigenvalue weighted by Gasteiger charge is -2.22. The van der Waals surface area contributed by atoms with Crippen molar-refractivity contribution in [3.8, 4) is 11.1 Å². The molecule has 1 saturated heterocycles. The molecule has 2 heterocycles. The van der Waals surface area contributed by atoms with Crippen LogP contribution in [-0.2, 0) is 19.4 Å². The highest BCUT2D eigenvalue weighted by Crippen LogP contribution is 2.41. The third-order valence-corrected chi connectivity index (χ3v) is 8.64. The van der Waals surface area contributed by atoms with Gasteiger partial charge >= 0.3 is 5.97 Å². The van der Waals surface area contributed by atoms with Crippen molar-refractivity contribution in [1.82, 2.24) is 9.88 Å². The number of sulfone groups is 1. The van der Waals surface area contributed by atoms with Crippen molar-refractivity contribution < 1.29 is 31.9 Å². The Bertz CT molecular complexity index is 1200. The Balaban J connectivity index is 1.60. The molecule has 3 atom stereocenters. The van der Waals surface area contributed by atoms with E-state index in [1.165, 1.54) is 12.1 Å². The van der Waals surface area contributed by atoms with Gasteiger partial charge in [0.2, 0.25) is 5.91 Å². The lowest BCUT2D eigenvalue weighted by Crippen LogP contribution is -2.39. The van der Waals surface area contributed by atoms with Crippen molar-refractivity contribution in [2.24, 2.45) is 11.8 Å². The largest absolute Gasteiger partial charge is 0.481 e. The maximum atomic E-state index is 13.6. The summed E-state index contributed by atoms with van der Waals surface area (Å²) in [5.41, 5.74) is 2.23. The summed E-state index contributed by atoms with van der Waals surface area (Å²) in [4.78, 5) is 29.8. The molecule has 176 valence electrons. The first kappa shape index (κ1) is 23.3. The number of nitrogens with zero attached hydrogens (tertiary/aromatic N) is 2. The molecule has 1 aromatic carbocycles. The highest BCUT2D eigenvalue weighted by atomic mass is 32.2. The number of carbonyl (C=O) groups is 2. The molecular formula is C23H24F2N2O5S. The predicted octanol–water partition coefficient (Wildman–Crippen LogP) is 3.18. The number of hydrogen-bond donors (Lipinski definition) is 1. The molecule has 1 N–H and O–H groups in total. The molecule has 10 heteroatoms. The molecule has 0 bridgehead atoms. The molecule has 33 heavy (non-hydrogen) atoms. The zero-order valence-electron chi connectivity index (χ0n) is 17.9. The van der Waals surface area contributed by atoms with E-state index in [0.29, 0.717) is 5.56 Å². The van der Waals surface area contributed by atoms with Crippen LogP contribution in [0.4, 0.5) is 8.78 Å². The first-order valence-electron chi connectivity index (χ1n) is 10.6. The molecule has 1 aliphatic carbocycles. The normalized spacial score (nSPS) is 24.7. The second kappa shape index (κ2) is 8.48. The van der Waals surface area contributed by atoms with Gasteiger partial charge in [0.05, 0.1) is 28.5 Å². The van der Waals surface area contributed by atoms with Gasteiger partial charge in [0.15, 0.2) is 9.84 Å². The number of carboxylic acids is 1. The Morgan fingerprint density at radius 1 is 1.12 bits per heavy atom. The third kappa shape index (κ3) is 4.62. The fourth-order valence-electron chi connectivity index (χ4n) is 4.72. The molecule has 1 aromatic heterocycles. The molecule has 0 unspecified atom stereocenters. The fourth-order valence-corrected chi connectivity index (χ4v) is 6.58. The summed E-state index contributed by atoms with van der Waals surface area (Å²) in [5.74, 6) is -7.40. The van der Waals surface area contributed by atoms with Gasteiger partial charge in [0.25, 0.3) is 5.92 Å². The van der Waals surface area contributed by atoms with E-state index in [1.807, 2.05) is 13.0 Å². The van der Waals surface area contributed by atoms with Gasteiger partial charge in [0, 0.05) is 24.9 Å². The Labute approximate surface area is 190 Å². The minimum absolute atomic E-state index is 0.0319. The van der Waals surface area contributed by atoms with E-state index in [0.717, 1.165) is 16.2 Å². The second-order valence-electron chi connectivity index (χ2n) is 8.77. The van der Waals surface area contributed by atoms with Crippen LogP contribution >= 0.6 is 0 Å². The van der Waals surface area contributed by atoms with Gasteiger partial charge in [-0.3, -0.25) is 14.6 Å². The van der Waals surface area contributed by atoms with Crippen LogP contribution < -0.4 is 0 Å². The molecule has 1 saturated carbocycles. The number of aryl methyl sites for hydroxylation is 1. The lowest BCUT2D eigenvalue weighted by atomic mass is 9.95. The average molecular weight is 479 g/mol. The van der Waals surface area contributed by atoms with E-state index in [9.17, 15) is 31.9 Å². The summed E-state index contributed by atoms with van der Waals surface area (Å²) in [6, 6.07) is 9.92. The first-order valence-corrected chi connectivity index (χ1v) is 12.2. The number of halogens is 2. The number of aliphatic carboxylic acids is 1. The van der Waals surface area contributed by atoms with Crippen LogP contribution in [0.3, 0.4) is 0 Å². The van der Waals surface area contributed by atoms with Crippen LogP contribution in [0.5, 0.6) is 0 Å². The molecule has 7 nitrogen and oxygen atoms in total. The third-order valence-electron chi connectivity index (χ3n) is 6.47. The summed E-state index contributed by atoms with van der Waals surface area (Å²) in [6.45, 7) is 0.890. The van der Waals surface area contributed by atoms with Gasteiger partial charge in [0.1, 0.15) is 0 Å². The van der Waals surface area contributed by atoms with Crippen molar-refractivity contribution >= 4 is 21.7 Å². The Kier molecular flexibility index (Phi) is 5.98. The van der Waals surface area contributed by atoms with E-state index in [4.69, 9.17) is 0 Å². The van der Waals surface area contributed by atoms with Gasteiger partial charge < -0.3 is 10.0 Å². The van der Waals surface area contributed by atoms with Crippen LogP contribution in [0.1, 0.15) is 25.0 Å². The Morgan fingerprint density at radius 3 is 2.45 bits per heavy atom. The molecule has 0 radical (unpaired) electrons. The maximum Gasteiger partial charge on any atom is 0.307 e. The summed E-state index contributed by atoms with van der Waals surface area (Å²) in [5, 5.41) is 8.54. The zero-order valence-corrected chi connectivity index (χ0v) is 18.8. The number of carbonyl (C=O) groups excluding carboxylic acids is 1. The number of likely N-dealkylation sites (tertiary alicyclic amines) is 1. The van der Waals surface area contributed by atoms with Crippen molar-refractivity contribution in [2.75, 3.05) is 13.1 Å². The van der Waals surface area contributed by atoms with Crippen molar-refractivity contribution in [3.63, 3.8) is 0 Å². The van der Waals surface area contributed by atoms with Gasteiger partial charge in [-0.2, -0.15) is 0 Å². The first-order chi connectivity index (χ1) is 15.5. The van der Waals surface area contributed by atoms with E-state index < -0.39 is 57.7 Å². The van der Waals surface area contributed by atoms with Crippen molar-refractivity contribution in [3.05, 3.63) is 48.3 Å². The molecule has 2 aliphatic rings. The minimum Gasteiger partial charge on any atom is -0.481 e. The zero-order chi connectivity index (χ0) is 24.0. The van der Waals surface area contributed by atoms with Gasteiger partial charge in [-0.05, 0) is 55.2 Å². The van der Waals surface area contributed by atoms with Crippen LogP contribution in [0.25, 0.3) is 11.1 Å². The monoisotopic (exact) mass is 478 g/mol. The van der Waals surface area contributed by atoms with Gasteiger partial charge in [-0.1, -0.05) is 12.1 Å². The predicted molar refractivity (Wildman–Crippen MR) is 115 cm³/mol. The highest BCUT2D eigenvalue weighted by molar-refractivity contribution is 7.92. The molecule has 1 amide bonds. The Morgan fingerprint density at radius 2 is 1.82 bits per heavy atom. The van der Waals surface area contributed by atoms with Crippen LogP contribution in [0.15, 0.2) is 47.5 Å². The number of pyridine rings is 1. The van der Waals surface area contributed by atoms with Crippen LogP contribution in [0.2, 0.25) is 0 Å². The standard InChI is InChI=1S/C23H24F2N2O5S/c1-14-9-16(5-7-26-14)15-3-2-4-17(10-15)33(31,32)18-11-19(20(12-18)22(29)30)21(28)27-8-6-23(24,25)13-27/h2-5,7,9-10,18-20H,6,8,11-13H2,1H3,(H,29,30)/t18-,19-,20-/m1/s1. The number of rotatable bonds is 5. The van der Waals surface area contributed by atoms with E-state index >= 15 is 0 Å². The number of carboxylic acid groups (broad SMARTS) is 1. The molecule has 2 aromatic rings. The van der Waals surface area contributed by atoms with Crippen LogP contribution in [-0.4, -0.2) is 59.5 Å². The number of alkyl halides is 2. The van der Waals surface area contributed by atoms with E-state index in [2.05, 4.69) is 4.98 Å². The van der Waals surface area contributed by atoms with Crippen molar-refractivity contribution in [1.29, 1.82) is 0 Å². The minimum atomic E-state index is -3.96. The summed E-state index contributed by atoms with van der Waals surface area (Å²) in [7, 11) is -3.96. The molecule has 2 fully saturated rings. The summed E-state index contributed by atoms with van der Waals surface area (Å²) in [6.07, 6.45) is 0.695. The Hall–Kier alpha value is -2.88. The highest BCUT2D eigenvalue weighted by Gasteiger charge is 2.51. The number of benzene rings is 1. The molecular weight excluding hydrogens is 454 g/mol. The molecule has 4 rings (SSSR count). The number of aromatic nitrogens is 1. The summed E-state index contributed by atoms with van der Waals surface area (Å²) >= 11 is 0. The number of hydrogen-bond acceptors (Lipinski definition) is 5. The van der Waals surface area contributed by atoms with Gasteiger partial charge in [-0.15, -0.1) is 0 Å². The fraction of sp³-hybridized carbons (Fsp3) is 0.435. The van der Waals surface area contributed by atoms with Crippen molar-refractivity contribution in [2.45, 2.75) is 42.3 Å². The average Bonchev–Trinajstić information content (AvgIpc) is 3.37. The second-order valence-corrected chi connectivity index (χ2v) is 11.0. The van der Waals surface area contributed by atoms with Gasteiger partial charge in [-0.25, -0.2) is 17.2 Å². The molecule has 1 aliphatic heterocycles. The quantitative estimate of drug-likeness (QED) is 0.708. The molecule has 0 spiro atoms. The van der Waals surface area contributed by atoms with Crippen LogP contribution in [0, 0.1) is 18.8 Å². The van der Waals surface area contributed by atoms with E-state index in [-0.39, 0.29) is 24.3 Å². The smallest absolute Gasteiger partial charge is 0.307 e. The number of amides is 1.